The molecule has 2 nitrogen and oxygen atoms in total. The molecule has 0 aliphatic carbocycles. The molecule has 0 unspecified atom stereocenters. The van der Waals surface area contributed by atoms with Crippen LogP contribution in [0.4, 0.5) is 8.78 Å². The number of hydrogen-bond donors (Lipinski definition) is 0. The molecule has 0 aliphatic rings. The van der Waals surface area contributed by atoms with Gasteiger partial charge in [0, 0.05) is 11.9 Å². The minimum Gasteiger partial charge on any atom is -0.278 e. The highest BCUT2D eigenvalue weighted by Crippen LogP contribution is 2.10. The molecule has 0 saturated heterocycles. The van der Waals surface area contributed by atoms with Gasteiger partial charge in [0.1, 0.15) is 0 Å². The molecular weight excluding hydrogens is 150 g/mol. The summed E-state index contributed by atoms with van der Waals surface area (Å²) in [7, 11) is 0. The first-order valence-corrected chi connectivity index (χ1v) is 3.48. The topological polar surface area (TPSA) is 17.8 Å². The maximum absolute atomic E-state index is 11.8. The van der Waals surface area contributed by atoms with E-state index >= 15 is 0 Å². The molecule has 0 saturated carbocycles. The minimum absolute atomic E-state index is 0.477. The summed E-state index contributed by atoms with van der Waals surface area (Å²) in [5.74, 6) is 0. The van der Waals surface area contributed by atoms with Crippen molar-refractivity contribution in [3.05, 3.63) is 18.2 Å². The number of halogens is 2. The Morgan fingerprint density at radius 1 is 1.45 bits per heavy atom. The van der Waals surface area contributed by atoms with Crippen molar-refractivity contribution in [1.82, 2.24) is 9.55 Å². The number of nitrogens with zero attached hydrogens (tertiary/aromatic N) is 2. The SMILES string of the molecule is CC.Cc1cncn1C(F)F. The predicted molar refractivity (Wildman–Crippen MR) is 39.6 cm³/mol. The summed E-state index contributed by atoms with van der Waals surface area (Å²) in [5.41, 5.74) is 0.477. The lowest BCUT2D eigenvalue weighted by atomic mass is 10.5. The normalized spacial score (nSPS) is 9.27. The monoisotopic (exact) mass is 162 g/mol. The van der Waals surface area contributed by atoms with E-state index in [2.05, 4.69) is 4.98 Å². The zero-order chi connectivity index (χ0) is 8.85. The lowest BCUT2D eigenvalue weighted by molar-refractivity contribution is 0.0682. The number of imidazole rings is 1. The van der Waals surface area contributed by atoms with Crippen molar-refractivity contribution in [2.24, 2.45) is 0 Å². The lowest BCUT2D eigenvalue weighted by Gasteiger charge is -1.99. The summed E-state index contributed by atoms with van der Waals surface area (Å²) >= 11 is 0. The van der Waals surface area contributed by atoms with Gasteiger partial charge in [-0.2, -0.15) is 8.78 Å². The van der Waals surface area contributed by atoms with Crippen LogP contribution in [0.15, 0.2) is 12.5 Å². The summed E-state index contributed by atoms with van der Waals surface area (Å²) < 4.78 is 24.4. The van der Waals surface area contributed by atoms with Gasteiger partial charge in [-0.05, 0) is 6.92 Å². The third-order valence-corrected chi connectivity index (χ3v) is 1.07. The molecule has 1 heterocycles. The summed E-state index contributed by atoms with van der Waals surface area (Å²) in [6, 6.07) is 0. The van der Waals surface area contributed by atoms with E-state index in [0.29, 0.717) is 5.69 Å². The van der Waals surface area contributed by atoms with Gasteiger partial charge in [0.25, 0.3) is 0 Å². The Labute approximate surface area is 64.9 Å². The van der Waals surface area contributed by atoms with Crippen LogP contribution in [0.1, 0.15) is 26.1 Å². The van der Waals surface area contributed by atoms with Crippen LogP contribution in [0.3, 0.4) is 0 Å². The predicted octanol–water partition coefficient (Wildman–Crippen LogP) is 2.61. The van der Waals surface area contributed by atoms with Crippen LogP contribution in [0.5, 0.6) is 0 Å². The highest BCUT2D eigenvalue weighted by Gasteiger charge is 2.05. The van der Waals surface area contributed by atoms with Gasteiger partial charge in [-0.3, -0.25) is 4.57 Å². The van der Waals surface area contributed by atoms with Gasteiger partial charge >= 0.3 is 6.55 Å². The van der Waals surface area contributed by atoms with E-state index in [9.17, 15) is 8.78 Å². The van der Waals surface area contributed by atoms with Gasteiger partial charge in [0.2, 0.25) is 0 Å². The Kier molecular flexibility index (Phi) is 4.41. The van der Waals surface area contributed by atoms with E-state index in [1.807, 2.05) is 13.8 Å². The largest absolute Gasteiger partial charge is 0.319 e. The van der Waals surface area contributed by atoms with Gasteiger partial charge in [-0.15, -0.1) is 0 Å². The van der Waals surface area contributed by atoms with Crippen molar-refractivity contribution < 1.29 is 8.78 Å². The molecule has 0 spiro atoms. The van der Waals surface area contributed by atoms with Crippen molar-refractivity contribution in [3.63, 3.8) is 0 Å². The zero-order valence-electron chi connectivity index (χ0n) is 6.88. The fourth-order valence-corrected chi connectivity index (χ4v) is 0.575. The molecule has 0 radical (unpaired) electrons. The average molecular weight is 162 g/mol. The molecule has 0 fully saturated rings. The van der Waals surface area contributed by atoms with Crippen molar-refractivity contribution >= 4 is 0 Å². The van der Waals surface area contributed by atoms with Crippen molar-refractivity contribution in [2.45, 2.75) is 27.3 Å². The molecular formula is C7H12F2N2. The van der Waals surface area contributed by atoms with Crippen LogP contribution < -0.4 is 0 Å². The maximum atomic E-state index is 11.8. The molecule has 0 N–H and O–H groups in total. The molecule has 0 bridgehead atoms. The molecule has 4 heteroatoms. The van der Waals surface area contributed by atoms with Gasteiger partial charge in [0.15, 0.2) is 0 Å². The van der Waals surface area contributed by atoms with Crippen molar-refractivity contribution in [2.75, 3.05) is 0 Å². The van der Waals surface area contributed by atoms with E-state index in [1.165, 1.54) is 6.20 Å². The first-order chi connectivity index (χ1) is 5.22. The highest BCUT2D eigenvalue weighted by molar-refractivity contribution is 4.93. The second-order valence-corrected chi connectivity index (χ2v) is 1.72. The fourth-order valence-electron chi connectivity index (χ4n) is 0.575. The Hall–Kier alpha value is -0.930. The molecule has 1 rings (SSSR count). The van der Waals surface area contributed by atoms with Gasteiger partial charge in [-0.1, -0.05) is 13.8 Å². The third-order valence-electron chi connectivity index (χ3n) is 1.07. The summed E-state index contributed by atoms with van der Waals surface area (Å²) in [6.45, 7) is 3.12. The molecule has 0 atom stereocenters. The number of aryl methyl sites for hydroxylation is 1. The van der Waals surface area contributed by atoms with Crippen LogP contribution >= 0.6 is 0 Å². The van der Waals surface area contributed by atoms with E-state index in [4.69, 9.17) is 0 Å². The first-order valence-electron chi connectivity index (χ1n) is 3.48. The van der Waals surface area contributed by atoms with E-state index in [0.717, 1.165) is 10.9 Å². The summed E-state index contributed by atoms with van der Waals surface area (Å²) in [5, 5.41) is 0. The molecule has 1 aromatic rings. The minimum atomic E-state index is -2.47. The van der Waals surface area contributed by atoms with Crippen LogP contribution in [0.25, 0.3) is 0 Å². The van der Waals surface area contributed by atoms with Crippen LogP contribution in [-0.2, 0) is 0 Å². The average Bonchev–Trinajstić information content (AvgIpc) is 2.39. The van der Waals surface area contributed by atoms with E-state index < -0.39 is 6.55 Å². The zero-order valence-corrected chi connectivity index (χ0v) is 6.88. The number of rotatable bonds is 1. The Morgan fingerprint density at radius 3 is 2.18 bits per heavy atom. The fraction of sp³-hybridized carbons (Fsp3) is 0.571. The molecule has 1 aromatic heterocycles. The van der Waals surface area contributed by atoms with Crippen LogP contribution in [0.2, 0.25) is 0 Å². The third kappa shape index (κ3) is 2.65. The van der Waals surface area contributed by atoms with E-state index in [1.54, 1.807) is 6.92 Å². The second-order valence-electron chi connectivity index (χ2n) is 1.72. The standard InChI is InChI=1S/C5H6F2N2.C2H6/c1-4-2-8-3-9(4)5(6)7;1-2/h2-3,5H,1H3;1-2H3. The summed E-state index contributed by atoms with van der Waals surface area (Å²) in [4.78, 5) is 3.53. The molecule has 0 amide bonds. The molecule has 64 valence electrons. The highest BCUT2D eigenvalue weighted by atomic mass is 19.3. The maximum Gasteiger partial charge on any atom is 0.319 e. The molecule has 11 heavy (non-hydrogen) atoms. The van der Waals surface area contributed by atoms with Gasteiger partial charge < -0.3 is 0 Å². The molecule has 0 aliphatic heterocycles. The Balaban J connectivity index is 0.000000461. The number of hydrogen-bond acceptors (Lipinski definition) is 1. The quantitative estimate of drug-likeness (QED) is 0.620. The number of aromatic nitrogens is 2. The molecule has 0 aromatic carbocycles. The lowest BCUT2D eigenvalue weighted by Crippen LogP contribution is -1.97. The van der Waals surface area contributed by atoms with Crippen LogP contribution in [-0.4, -0.2) is 9.55 Å². The smallest absolute Gasteiger partial charge is 0.278 e. The van der Waals surface area contributed by atoms with Crippen molar-refractivity contribution in [3.8, 4) is 0 Å². The summed E-state index contributed by atoms with van der Waals surface area (Å²) in [6.07, 6.45) is 2.51. The van der Waals surface area contributed by atoms with E-state index in [-0.39, 0.29) is 0 Å². The second kappa shape index (κ2) is 4.82. The number of alkyl halides is 2. The van der Waals surface area contributed by atoms with Gasteiger partial charge in [-0.25, -0.2) is 4.98 Å². The Morgan fingerprint density at radius 2 is 2.00 bits per heavy atom. The van der Waals surface area contributed by atoms with Crippen molar-refractivity contribution in [1.29, 1.82) is 0 Å². The Bertz CT molecular complexity index is 196. The van der Waals surface area contributed by atoms with Gasteiger partial charge in [0.05, 0.1) is 6.33 Å². The van der Waals surface area contributed by atoms with Crippen LogP contribution in [0, 0.1) is 6.92 Å². The first kappa shape index (κ1) is 10.1.